The summed E-state index contributed by atoms with van der Waals surface area (Å²) < 4.78 is 5.29. The van der Waals surface area contributed by atoms with Gasteiger partial charge in [0, 0.05) is 13.6 Å². The molecule has 0 bridgehead atoms. The van der Waals surface area contributed by atoms with Crippen molar-refractivity contribution in [1.29, 1.82) is 0 Å². The third-order valence-electron chi connectivity index (χ3n) is 2.50. The Morgan fingerprint density at radius 3 is 2.42 bits per heavy atom. The minimum absolute atomic E-state index is 0.243. The molecular formula is C14H30N2O2S. The molecule has 1 amide bonds. The van der Waals surface area contributed by atoms with Crippen molar-refractivity contribution in [3.05, 3.63) is 0 Å². The predicted octanol–water partition coefficient (Wildman–Crippen LogP) is 2.98. The van der Waals surface area contributed by atoms with Gasteiger partial charge in [-0.3, -0.25) is 0 Å². The van der Waals surface area contributed by atoms with Crippen LogP contribution >= 0.6 is 11.8 Å². The molecule has 114 valence electrons. The van der Waals surface area contributed by atoms with E-state index in [0.717, 1.165) is 26.1 Å². The Kier molecular flexibility index (Phi) is 10.1. The van der Waals surface area contributed by atoms with E-state index in [1.807, 2.05) is 32.5 Å². The highest BCUT2D eigenvalue weighted by atomic mass is 32.2. The zero-order valence-electron chi connectivity index (χ0n) is 13.1. The third-order valence-corrected chi connectivity index (χ3v) is 3.20. The standard InChI is InChI=1S/C14H30N2O2S/c1-14(2,3)18-13(17)16(4)11-8-10-15-9-6-7-12-19-5/h15H,6-12H2,1-5H3. The molecule has 0 radical (unpaired) electrons. The molecule has 5 heteroatoms. The van der Waals surface area contributed by atoms with Crippen molar-refractivity contribution in [3.63, 3.8) is 0 Å². The highest BCUT2D eigenvalue weighted by molar-refractivity contribution is 7.98. The van der Waals surface area contributed by atoms with Crippen LogP contribution in [0.25, 0.3) is 0 Å². The van der Waals surface area contributed by atoms with Crippen LogP contribution in [-0.2, 0) is 4.74 Å². The summed E-state index contributed by atoms with van der Waals surface area (Å²) in [6.45, 7) is 8.40. The Bertz CT molecular complexity index is 242. The second kappa shape index (κ2) is 10.4. The van der Waals surface area contributed by atoms with Crippen LogP contribution in [0.2, 0.25) is 0 Å². The molecule has 0 saturated heterocycles. The molecule has 0 aromatic heterocycles. The lowest BCUT2D eigenvalue weighted by molar-refractivity contribution is 0.0297. The fourth-order valence-corrected chi connectivity index (χ4v) is 1.99. The first-order chi connectivity index (χ1) is 8.87. The Hall–Kier alpha value is -0.420. The summed E-state index contributed by atoms with van der Waals surface area (Å²) in [6.07, 6.45) is 5.35. The predicted molar refractivity (Wildman–Crippen MR) is 84.0 cm³/mol. The Balaban J connectivity index is 3.48. The first kappa shape index (κ1) is 18.6. The van der Waals surface area contributed by atoms with Gasteiger partial charge in [-0.15, -0.1) is 0 Å². The lowest BCUT2D eigenvalue weighted by Gasteiger charge is -2.24. The monoisotopic (exact) mass is 290 g/mol. The van der Waals surface area contributed by atoms with Gasteiger partial charge in [0.05, 0.1) is 0 Å². The van der Waals surface area contributed by atoms with E-state index in [1.165, 1.54) is 18.6 Å². The number of rotatable bonds is 9. The van der Waals surface area contributed by atoms with Crippen molar-refractivity contribution in [2.24, 2.45) is 0 Å². The average molecular weight is 290 g/mol. The number of carbonyl (C=O) groups excluding carboxylic acids is 1. The summed E-state index contributed by atoms with van der Waals surface area (Å²) in [5, 5.41) is 3.40. The Morgan fingerprint density at radius 2 is 1.84 bits per heavy atom. The molecule has 0 aromatic rings. The maximum Gasteiger partial charge on any atom is 0.410 e. The SMILES string of the molecule is CSCCCCNCCCN(C)C(=O)OC(C)(C)C. The normalized spacial score (nSPS) is 11.4. The Labute approximate surface area is 122 Å². The van der Waals surface area contributed by atoms with Gasteiger partial charge < -0.3 is 15.0 Å². The first-order valence-electron chi connectivity index (χ1n) is 7.00. The second-order valence-corrected chi connectivity index (χ2v) is 6.69. The molecular weight excluding hydrogens is 260 g/mol. The minimum atomic E-state index is -0.416. The van der Waals surface area contributed by atoms with Crippen molar-refractivity contribution in [3.8, 4) is 0 Å². The van der Waals surface area contributed by atoms with Crippen LogP contribution in [0.15, 0.2) is 0 Å². The quantitative estimate of drug-likeness (QED) is 0.663. The number of hydrogen-bond donors (Lipinski definition) is 1. The number of carbonyl (C=O) groups is 1. The van der Waals surface area contributed by atoms with Crippen molar-refractivity contribution in [2.75, 3.05) is 38.7 Å². The fraction of sp³-hybridized carbons (Fsp3) is 0.929. The molecule has 0 aromatic carbocycles. The zero-order valence-corrected chi connectivity index (χ0v) is 13.9. The maximum absolute atomic E-state index is 11.7. The smallest absolute Gasteiger partial charge is 0.410 e. The summed E-state index contributed by atoms with van der Waals surface area (Å²) in [7, 11) is 1.78. The number of amides is 1. The summed E-state index contributed by atoms with van der Waals surface area (Å²) in [6, 6.07) is 0. The van der Waals surface area contributed by atoms with E-state index >= 15 is 0 Å². The maximum atomic E-state index is 11.7. The third kappa shape index (κ3) is 12.4. The fourth-order valence-electron chi connectivity index (χ4n) is 1.49. The molecule has 0 atom stereocenters. The molecule has 0 unspecified atom stereocenters. The number of hydrogen-bond acceptors (Lipinski definition) is 4. The molecule has 0 fully saturated rings. The summed E-state index contributed by atoms with van der Waals surface area (Å²) in [5.41, 5.74) is -0.416. The van der Waals surface area contributed by atoms with E-state index in [-0.39, 0.29) is 6.09 Å². The first-order valence-corrected chi connectivity index (χ1v) is 8.40. The lowest BCUT2D eigenvalue weighted by atomic mass is 10.2. The van der Waals surface area contributed by atoms with Crippen LogP contribution in [0.1, 0.15) is 40.0 Å². The van der Waals surface area contributed by atoms with E-state index in [1.54, 1.807) is 11.9 Å². The molecule has 4 nitrogen and oxygen atoms in total. The van der Waals surface area contributed by atoms with Crippen LogP contribution in [0.3, 0.4) is 0 Å². The summed E-state index contributed by atoms with van der Waals surface area (Å²) >= 11 is 1.90. The second-order valence-electron chi connectivity index (χ2n) is 5.71. The van der Waals surface area contributed by atoms with Crippen molar-refractivity contribution >= 4 is 17.9 Å². The van der Waals surface area contributed by atoms with Gasteiger partial charge in [0.1, 0.15) is 5.60 Å². The molecule has 0 aliphatic rings. The van der Waals surface area contributed by atoms with Gasteiger partial charge in [-0.25, -0.2) is 4.79 Å². The van der Waals surface area contributed by atoms with Gasteiger partial charge in [-0.2, -0.15) is 11.8 Å². The number of nitrogens with zero attached hydrogens (tertiary/aromatic N) is 1. The van der Waals surface area contributed by atoms with Gasteiger partial charge in [-0.1, -0.05) is 0 Å². The zero-order chi connectivity index (χ0) is 14.7. The van der Waals surface area contributed by atoms with E-state index in [2.05, 4.69) is 11.6 Å². The largest absolute Gasteiger partial charge is 0.444 e. The number of unbranched alkanes of at least 4 members (excludes halogenated alkanes) is 1. The molecule has 1 N–H and O–H groups in total. The van der Waals surface area contributed by atoms with Gasteiger partial charge in [0.2, 0.25) is 0 Å². The van der Waals surface area contributed by atoms with Gasteiger partial charge in [-0.05, 0) is 65.1 Å². The van der Waals surface area contributed by atoms with Crippen molar-refractivity contribution in [1.82, 2.24) is 10.2 Å². The number of ether oxygens (including phenoxy) is 1. The minimum Gasteiger partial charge on any atom is -0.444 e. The highest BCUT2D eigenvalue weighted by Crippen LogP contribution is 2.09. The summed E-state index contributed by atoms with van der Waals surface area (Å²) in [4.78, 5) is 13.3. The van der Waals surface area contributed by atoms with E-state index in [9.17, 15) is 4.79 Å². The van der Waals surface area contributed by atoms with Crippen molar-refractivity contribution < 1.29 is 9.53 Å². The van der Waals surface area contributed by atoms with Gasteiger partial charge >= 0.3 is 6.09 Å². The molecule has 19 heavy (non-hydrogen) atoms. The van der Waals surface area contributed by atoms with E-state index < -0.39 is 5.60 Å². The van der Waals surface area contributed by atoms with Crippen molar-refractivity contribution in [2.45, 2.75) is 45.6 Å². The van der Waals surface area contributed by atoms with Crippen LogP contribution in [0, 0.1) is 0 Å². The number of thioether (sulfide) groups is 1. The van der Waals surface area contributed by atoms with Crippen LogP contribution < -0.4 is 5.32 Å². The lowest BCUT2D eigenvalue weighted by Crippen LogP contribution is -2.35. The number of nitrogens with one attached hydrogen (secondary N) is 1. The van der Waals surface area contributed by atoms with Crippen LogP contribution in [0.5, 0.6) is 0 Å². The molecule has 0 rings (SSSR count). The van der Waals surface area contributed by atoms with Gasteiger partial charge in [0.15, 0.2) is 0 Å². The van der Waals surface area contributed by atoms with Crippen LogP contribution in [0.4, 0.5) is 4.79 Å². The molecule has 0 spiro atoms. The summed E-state index contributed by atoms with van der Waals surface area (Å²) in [5.74, 6) is 1.24. The van der Waals surface area contributed by atoms with Crippen LogP contribution in [-0.4, -0.2) is 55.3 Å². The molecule has 0 heterocycles. The molecule has 0 aliphatic carbocycles. The van der Waals surface area contributed by atoms with Gasteiger partial charge in [0.25, 0.3) is 0 Å². The van der Waals surface area contributed by atoms with E-state index in [0.29, 0.717) is 0 Å². The van der Waals surface area contributed by atoms with E-state index in [4.69, 9.17) is 4.74 Å². The molecule has 0 aliphatic heterocycles. The molecule has 0 saturated carbocycles. The average Bonchev–Trinajstić information content (AvgIpc) is 2.30. The highest BCUT2D eigenvalue weighted by Gasteiger charge is 2.18. The Morgan fingerprint density at radius 1 is 1.21 bits per heavy atom. The topological polar surface area (TPSA) is 41.6 Å².